The predicted molar refractivity (Wildman–Crippen MR) is 134 cm³/mol. The number of hydrogen-bond acceptors (Lipinski definition) is 8. The molecule has 200 valence electrons. The smallest absolute Gasteiger partial charge is 0.460 e. The van der Waals surface area contributed by atoms with Crippen molar-refractivity contribution in [2.24, 2.45) is 0 Å². The standard InChI is InChI=1S/2C10H22N2O4Si/c2*1-5-7-11-9(13)15-17(3,4)16-10(14)12-8-6-2/h2*5-8H2,1-4H3,(H,11,13)(H,12,14). The summed E-state index contributed by atoms with van der Waals surface area (Å²) in [6.45, 7) is 16.5. The molecule has 0 aliphatic heterocycles. The summed E-state index contributed by atoms with van der Waals surface area (Å²) in [7, 11) is -5.51. The quantitative estimate of drug-likeness (QED) is 0.280. The Morgan fingerprint density at radius 3 is 0.794 bits per heavy atom. The maximum absolute atomic E-state index is 11.3. The SMILES string of the molecule is CCCNC(=O)O[Si](C)(C)OC(=O)NCCC.CCCNC(=O)O[Si](C)(C)OC(=O)NCCC. The van der Waals surface area contributed by atoms with Crippen LogP contribution in [0.1, 0.15) is 53.4 Å². The summed E-state index contributed by atoms with van der Waals surface area (Å²) in [5, 5.41) is 10.3. The summed E-state index contributed by atoms with van der Waals surface area (Å²) in [6, 6.07) is 0. The molecule has 14 heteroatoms. The maximum atomic E-state index is 11.3. The van der Waals surface area contributed by atoms with Gasteiger partial charge in [0.2, 0.25) is 0 Å². The Morgan fingerprint density at radius 2 is 0.647 bits per heavy atom. The van der Waals surface area contributed by atoms with Gasteiger partial charge in [-0.05, 0) is 25.7 Å². The zero-order chi connectivity index (χ0) is 26.6. The highest BCUT2D eigenvalue weighted by atomic mass is 28.4. The van der Waals surface area contributed by atoms with Crippen LogP contribution in [0.15, 0.2) is 0 Å². The first-order valence-corrected chi connectivity index (χ1v) is 17.3. The third-order valence-corrected chi connectivity index (χ3v) is 6.14. The van der Waals surface area contributed by atoms with Crippen LogP contribution in [-0.4, -0.2) is 67.7 Å². The second-order valence-corrected chi connectivity index (χ2v) is 14.5. The summed E-state index contributed by atoms with van der Waals surface area (Å²) in [5.41, 5.74) is 0. The van der Waals surface area contributed by atoms with Crippen molar-refractivity contribution >= 4 is 41.5 Å². The minimum absolute atomic E-state index is 0.535. The second-order valence-electron chi connectivity index (χ2n) is 8.06. The lowest BCUT2D eigenvalue weighted by molar-refractivity contribution is 0.163. The van der Waals surface area contributed by atoms with Crippen LogP contribution in [0.5, 0.6) is 0 Å². The largest absolute Gasteiger partial charge is 0.469 e. The van der Waals surface area contributed by atoms with Crippen LogP contribution in [0.3, 0.4) is 0 Å². The van der Waals surface area contributed by atoms with Gasteiger partial charge in [0.25, 0.3) is 0 Å². The van der Waals surface area contributed by atoms with E-state index in [0.717, 1.165) is 25.7 Å². The molecule has 0 aromatic rings. The minimum Gasteiger partial charge on any atom is -0.469 e. The highest BCUT2D eigenvalue weighted by Crippen LogP contribution is 2.08. The summed E-state index contributed by atoms with van der Waals surface area (Å²) in [5.74, 6) is 0. The van der Waals surface area contributed by atoms with Crippen LogP contribution in [-0.2, 0) is 17.7 Å². The second kappa shape index (κ2) is 18.9. The molecule has 0 spiro atoms. The third-order valence-electron chi connectivity index (χ3n) is 3.43. The van der Waals surface area contributed by atoms with Crippen LogP contribution >= 0.6 is 0 Å². The number of rotatable bonds is 12. The summed E-state index contributed by atoms with van der Waals surface area (Å²) < 4.78 is 20.4. The van der Waals surface area contributed by atoms with E-state index >= 15 is 0 Å². The molecule has 0 bridgehead atoms. The fourth-order valence-electron chi connectivity index (χ4n) is 1.99. The molecule has 0 aliphatic carbocycles. The zero-order valence-corrected chi connectivity index (χ0v) is 23.9. The molecule has 0 saturated carbocycles. The fraction of sp³-hybridized carbons (Fsp3) is 0.800. The van der Waals surface area contributed by atoms with Crippen molar-refractivity contribution in [3.05, 3.63) is 0 Å². The summed E-state index contributed by atoms with van der Waals surface area (Å²) in [4.78, 5) is 45.2. The Labute approximate surface area is 205 Å². The molecule has 0 rings (SSSR count). The van der Waals surface area contributed by atoms with Crippen LogP contribution in [0.25, 0.3) is 0 Å². The van der Waals surface area contributed by atoms with Gasteiger partial charge in [-0.2, -0.15) is 0 Å². The molecule has 34 heavy (non-hydrogen) atoms. The molecule has 4 N–H and O–H groups in total. The van der Waals surface area contributed by atoms with Crippen LogP contribution in [0.2, 0.25) is 26.2 Å². The highest BCUT2D eigenvalue weighted by Gasteiger charge is 2.34. The van der Waals surface area contributed by atoms with Crippen molar-refractivity contribution in [2.45, 2.75) is 79.6 Å². The molecule has 0 heterocycles. The van der Waals surface area contributed by atoms with E-state index in [0.29, 0.717) is 26.2 Å². The molecule has 12 nitrogen and oxygen atoms in total. The average molecular weight is 525 g/mol. The van der Waals surface area contributed by atoms with Gasteiger partial charge in [0.1, 0.15) is 0 Å². The van der Waals surface area contributed by atoms with Gasteiger partial charge in [-0.15, -0.1) is 0 Å². The van der Waals surface area contributed by atoms with Gasteiger partial charge in [-0.25, -0.2) is 19.2 Å². The molecular formula is C20H44N4O8Si2. The number of carbonyl (C=O) groups is 4. The minimum atomic E-state index is -2.75. The first kappa shape index (κ1) is 33.7. The summed E-state index contributed by atoms with van der Waals surface area (Å²) >= 11 is 0. The number of amides is 4. The summed E-state index contributed by atoms with van der Waals surface area (Å²) in [6.07, 6.45) is 1.17. The fourth-order valence-corrected chi connectivity index (χ4v) is 4.15. The average Bonchev–Trinajstić information content (AvgIpc) is 2.72. The first-order chi connectivity index (χ1) is 15.8. The van der Waals surface area contributed by atoms with Crippen LogP contribution in [0, 0.1) is 0 Å². The molecule has 0 fully saturated rings. The highest BCUT2D eigenvalue weighted by molar-refractivity contribution is 6.68. The van der Waals surface area contributed by atoms with E-state index in [1.165, 1.54) is 0 Å². The predicted octanol–water partition coefficient (Wildman–Crippen LogP) is 3.92. The molecule has 4 amide bonds. The van der Waals surface area contributed by atoms with E-state index in [1.54, 1.807) is 26.2 Å². The molecule has 0 radical (unpaired) electrons. The molecule has 0 aromatic heterocycles. The van der Waals surface area contributed by atoms with Crippen molar-refractivity contribution in [3.63, 3.8) is 0 Å². The molecule has 0 aliphatic rings. The van der Waals surface area contributed by atoms with E-state index in [2.05, 4.69) is 21.3 Å². The topological polar surface area (TPSA) is 153 Å². The van der Waals surface area contributed by atoms with Crippen molar-refractivity contribution in [1.82, 2.24) is 21.3 Å². The van der Waals surface area contributed by atoms with Crippen molar-refractivity contribution < 1.29 is 36.9 Å². The van der Waals surface area contributed by atoms with Gasteiger partial charge in [0, 0.05) is 52.4 Å². The van der Waals surface area contributed by atoms with Crippen LogP contribution < -0.4 is 21.3 Å². The lowest BCUT2D eigenvalue weighted by Gasteiger charge is -2.22. The maximum Gasteiger partial charge on any atom is 0.460 e. The third kappa shape index (κ3) is 21.4. The van der Waals surface area contributed by atoms with E-state index in [9.17, 15) is 19.2 Å². The van der Waals surface area contributed by atoms with Gasteiger partial charge < -0.3 is 39.0 Å². The Balaban J connectivity index is 0. The van der Waals surface area contributed by atoms with E-state index in [4.69, 9.17) is 17.7 Å². The van der Waals surface area contributed by atoms with Gasteiger partial charge in [0.05, 0.1) is 0 Å². The van der Waals surface area contributed by atoms with Gasteiger partial charge >= 0.3 is 41.5 Å². The van der Waals surface area contributed by atoms with E-state index in [1.807, 2.05) is 27.7 Å². The molecule has 0 aromatic carbocycles. The van der Waals surface area contributed by atoms with E-state index < -0.39 is 41.5 Å². The molecule has 0 atom stereocenters. The first-order valence-electron chi connectivity index (χ1n) is 11.7. The lowest BCUT2D eigenvalue weighted by Crippen LogP contribution is -2.45. The Morgan fingerprint density at radius 1 is 0.471 bits per heavy atom. The normalized spacial score (nSPS) is 10.6. The van der Waals surface area contributed by atoms with Crippen molar-refractivity contribution in [1.29, 1.82) is 0 Å². The van der Waals surface area contributed by atoms with Crippen molar-refractivity contribution in [3.8, 4) is 0 Å². The zero-order valence-electron chi connectivity index (χ0n) is 21.9. The van der Waals surface area contributed by atoms with Gasteiger partial charge in [-0.1, -0.05) is 27.7 Å². The Bertz CT molecular complexity index is 521. The number of carbonyl (C=O) groups excluding carboxylic acids is 4. The lowest BCUT2D eigenvalue weighted by atomic mass is 10.5. The number of hydrogen-bond donors (Lipinski definition) is 4. The molecular weight excluding hydrogens is 480 g/mol. The van der Waals surface area contributed by atoms with E-state index in [-0.39, 0.29) is 0 Å². The number of nitrogens with one attached hydrogen (secondary N) is 4. The van der Waals surface area contributed by atoms with Gasteiger partial charge in [-0.3, -0.25) is 0 Å². The van der Waals surface area contributed by atoms with Gasteiger partial charge in [0.15, 0.2) is 0 Å². The Hall–Kier alpha value is -2.49. The van der Waals surface area contributed by atoms with Crippen LogP contribution in [0.4, 0.5) is 19.2 Å². The Kier molecular flexibility index (Phi) is 18.7. The molecule has 0 unspecified atom stereocenters. The monoisotopic (exact) mass is 524 g/mol. The van der Waals surface area contributed by atoms with Crippen molar-refractivity contribution in [2.75, 3.05) is 26.2 Å². The molecule has 0 saturated heterocycles.